The van der Waals surface area contributed by atoms with Gasteiger partial charge in [0, 0.05) is 19.2 Å². The Morgan fingerprint density at radius 3 is 2.65 bits per heavy atom. The number of nitriles is 1. The maximum absolute atomic E-state index is 13.8. The van der Waals surface area contributed by atoms with E-state index in [0.29, 0.717) is 10.0 Å². The first-order valence-electron chi connectivity index (χ1n) is 5.68. The fraction of sp³-hybridized carbons (Fsp3) is 0.0667. The van der Waals surface area contributed by atoms with Crippen LogP contribution in [-0.4, -0.2) is 5.78 Å². The molecule has 0 aromatic heterocycles. The summed E-state index contributed by atoms with van der Waals surface area (Å²) in [6.07, 6.45) is 0. The topological polar surface area (TPSA) is 40.9 Å². The van der Waals surface area contributed by atoms with E-state index < -0.39 is 17.5 Å². The normalized spacial score (nSPS) is 11.7. The largest absolute Gasteiger partial charge is 0.292 e. The zero-order valence-corrected chi connectivity index (χ0v) is 13.9. The maximum Gasteiger partial charge on any atom is 0.185 e. The molecular weight excluding hydrogens is 436 g/mol. The van der Waals surface area contributed by atoms with Gasteiger partial charge in [-0.15, -0.1) is 0 Å². The van der Waals surface area contributed by atoms with Gasteiger partial charge >= 0.3 is 0 Å². The Kier molecular flexibility index (Phi) is 4.89. The molecule has 0 radical (unpaired) electrons. The SMILES string of the molecule is N#CC(C(=O)c1cc(I)ccc1Br)c1ccccc1F. The number of Topliss-reactive ketones (excluding diaryl/α,β-unsaturated/α-hetero) is 1. The van der Waals surface area contributed by atoms with E-state index in [1.807, 2.05) is 12.1 Å². The Balaban J connectivity index is 2.48. The number of carbonyl (C=O) groups excluding carboxylic acids is 1. The molecule has 0 N–H and O–H groups in total. The molecule has 0 saturated carbocycles. The smallest absolute Gasteiger partial charge is 0.185 e. The summed E-state index contributed by atoms with van der Waals surface area (Å²) in [5.41, 5.74) is 0.484. The minimum absolute atomic E-state index is 0.103. The number of benzene rings is 2. The van der Waals surface area contributed by atoms with Crippen LogP contribution in [0.2, 0.25) is 0 Å². The molecule has 1 atom stereocenters. The van der Waals surface area contributed by atoms with Gasteiger partial charge in [0.15, 0.2) is 5.78 Å². The highest BCUT2D eigenvalue weighted by Gasteiger charge is 2.26. The van der Waals surface area contributed by atoms with Crippen LogP contribution in [0.1, 0.15) is 21.8 Å². The van der Waals surface area contributed by atoms with E-state index in [-0.39, 0.29) is 5.56 Å². The van der Waals surface area contributed by atoms with Crippen LogP contribution in [0.15, 0.2) is 46.9 Å². The van der Waals surface area contributed by atoms with Crippen LogP contribution in [-0.2, 0) is 0 Å². The van der Waals surface area contributed by atoms with Crippen LogP contribution in [0.5, 0.6) is 0 Å². The Hall–Kier alpha value is -1.26. The predicted molar refractivity (Wildman–Crippen MR) is 85.9 cm³/mol. The van der Waals surface area contributed by atoms with Gasteiger partial charge in [0.1, 0.15) is 11.7 Å². The van der Waals surface area contributed by atoms with Crippen LogP contribution >= 0.6 is 38.5 Å². The van der Waals surface area contributed by atoms with Crippen molar-refractivity contribution in [3.63, 3.8) is 0 Å². The third-order valence-electron chi connectivity index (χ3n) is 2.80. The molecule has 2 aromatic rings. The Bertz CT molecular complexity index is 711. The molecule has 0 aliphatic rings. The standard InChI is InChI=1S/C15H8BrFINO/c16-13-6-5-9(18)7-11(13)15(20)12(8-19)10-3-1-2-4-14(10)17/h1-7,12H. The highest BCUT2D eigenvalue weighted by atomic mass is 127. The number of hydrogen-bond donors (Lipinski definition) is 0. The van der Waals surface area contributed by atoms with Crippen molar-refractivity contribution in [3.8, 4) is 6.07 Å². The number of ketones is 1. The molecule has 0 saturated heterocycles. The summed E-state index contributed by atoms with van der Waals surface area (Å²) in [5.74, 6) is -2.11. The van der Waals surface area contributed by atoms with Gasteiger partial charge in [-0.25, -0.2) is 4.39 Å². The molecule has 0 aliphatic carbocycles. The Morgan fingerprint density at radius 1 is 1.30 bits per heavy atom. The first kappa shape index (κ1) is 15.1. The zero-order chi connectivity index (χ0) is 14.7. The lowest BCUT2D eigenvalue weighted by Gasteiger charge is -2.11. The van der Waals surface area contributed by atoms with Crippen LogP contribution in [0, 0.1) is 20.7 Å². The second kappa shape index (κ2) is 6.46. The Morgan fingerprint density at radius 2 is 2.00 bits per heavy atom. The molecule has 2 nitrogen and oxygen atoms in total. The van der Waals surface area contributed by atoms with Crippen molar-refractivity contribution in [2.75, 3.05) is 0 Å². The van der Waals surface area contributed by atoms with E-state index in [1.165, 1.54) is 18.2 Å². The average Bonchev–Trinajstić information content (AvgIpc) is 2.44. The van der Waals surface area contributed by atoms with E-state index in [2.05, 4.69) is 38.5 Å². The summed E-state index contributed by atoms with van der Waals surface area (Å²) >= 11 is 5.37. The van der Waals surface area contributed by atoms with Crippen molar-refractivity contribution in [2.45, 2.75) is 5.92 Å². The molecule has 20 heavy (non-hydrogen) atoms. The van der Waals surface area contributed by atoms with Gasteiger partial charge in [0.05, 0.1) is 6.07 Å². The van der Waals surface area contributed by atoms with Gasteiger partial charge in [-0.3, -0.25) is 4.79 Å². The molecule has 5 heteroatoms. The van der Waals surface area contributed by atoms with Crippen molar-refractivity contribution in [2.24, 2.45) is 0 Å². The predicted octanol–water partition coefficient (Wildman–Crippen LogP) is 4.68. The van der Waals surface area contributed by atoms with Gasteiger partial charge in [-0.2, -0.15) is 5.26 Å². The van der Waals surface area contributed by atoms with Gasteiger partial charge < -0.3 is 0 Å². The molecule has 2 rings (SSSR count). The van der Waals surface area contributed by atoms with Crippen molar-refractivity contribution < 1.29 is 9.18 Å². The van der Waals surface area contributed by atoms with Crippen molar-refractivity contribution in [1.82, 2.24) is 0 Å². The number of halogens is 3. The minimum Gasteiger partial charge on any atom is -0.292 e. The van der Waals surface area contributed by atoms with E-state index in [1.54, 1.807) is 18.2 Å². The fourth-order valence-corrected chi connectivity index (χ4v) is 2.75. The Labute approximate surface area is 137 Å². The van der Waals surface area contributed by atoms with Crippen molar-refractivity contribution in [3.05, 3.63) is 67.5 Å². The summed E-state index contributed by atoms with van der Waals surface area (Å²) < 4.78 is 15.2. The zero-order valence-electron chi connectivity index (χ0n) is 10.1. The summed E-state index contributed by atoms with van der Waals surface area (Å²) in [5, 5.41) is 9.24. The maximum atomic E-state index is 13.8. The van der Waals surface area contributed by atoms with E-state index in [4.69, 9.17) is 0 Å². The lowest BCUT2D eigenvalue weighted by atomic mass is 9.91. The molecule has 2 aromatic carbocycles. The first-order chi connectivity index (χ1) is 9.54. The van der Waals surface area contributed by atoms with Gasteiger partial charge in [0.25, 0.3) is 0 Å². The van der Waals surface area contributed by atoms with Crippen LogP contribution in [0.25, 0.3) is 0 Å². The van der Waals surface area contributed by atoms with E-state index in [0.717, 1.165) is 3.57 Å². The molecule has 0 amide bonds. The summed E-state index contributed by atoms with van der Waals surface area (Å²) in [6, 6.07) is 13.0. The van der Waals surface area contributed by atoms with Crippen LogP contribution in [0.4, 0.5) is 4.39 Å². The molecule has 1 unspecified atom stereocenters. The fourth-order valence-electron chi connectivity index (χ4n) is 1.82. The summed E-state index contributed by atoms with van der Waals surface area (Å²) in [4.78, 5) is 12.5. The average molecular weight is 444 g/mol. The molecule has 0 aliphatic heterocycles. The quantitative estimate of drug-likeness (QED) is 0.510. The number of nitrogens with zero attached hydrogens (tertiary/aromatic N) is 1. The third-order valence-corrected chi connectivity index (χ3v) is 4.16. The molecule has 0 spiro atoms. The second-order valence-corrected chi connectivity index (χ2v) is 6.17. The van der Waals surface area contributed by atoms with Gasteiger partial charge in [-0.05, 0) is 46.9 Å². The highest BCUT2D eigenvalue weighted by molar-refractivity contribution is 14.1. The number of hydrogen-bond acceptors (Lipinski definition) is 2. The molecule has 100 valence electrons. The molecule has 0 fully saturated rings. The third kappa shape index (κ3) is 3.07. The number of rotatable bonds is 3. The molecule has 0 bridgehead atoms. The van der Waals surface area contributed by atoms with E-state index >= 15 is 0 Å². The summed E-state index contributed by atoms with van der Waals surface area (Å²) in [6.45, 7) is 0. The van der Waals surface area contributed by atoms with Gasteiger partial charge in [-0.1, -0.05) is 34.1 Å². The lowest BCUT2D eigenvalue weighted by Crippen LogP contribution is -2.13. The second-order valence-electron chi connectivity index (χ2n) is 4.07. The van der Waals surface area contributed by atoms with Crippen molar-refractivity contribution >= 4 is 44.3 Å². The minimum atomic E-state index is -1.15. The van der Waals surface area contributed by atoms with Gasteiger partial charge in [0.2, 0.25) is 0 Å². The highest BCUT2D eigenvalue weighted by Crippen LogP contribution is 2.27. The number of carbonyl (C=O) groups is 1. The van der Waals surface area contributed by atoms with E-state index in [9.17, 15) is 14.4 Å². The lowest BCUT2D eigenvalue weighted by molar-refractivity contribution is 0.0976. The van der Waals surface area contributed by atoms with Crippen LogP contribution in [0.3, 0.4) is 0 Å². The van der Waals surface area contributed by atoms with Crippen LogP contribution < -0.4 is 0 Å². The summed E-state index contributed by atoms with van der Waals surface area (Å²) in [7, 11) is 0. The molecule has 0 heterocycles. The first-order valence-corrected chi connectivity index (χ1v) is 7.55. The monoisotopic (exact) mass is 443 g/mol. The van der Waals surface area contributed by atoms with Crippen molar-refractivity contribution in [1.29, 1.82) is 5.26 Å². The molecular formula is C15H8BrFINO.